The summed E-state index contributed by atoms with van der Waals surface area (Å²) in [5, 5.41) is 2.82. The van der Waals surface area contributed by atoms with Gasteiger partial charge in [-0.15, -0.1) is 0 Å². The lowest BCUT2D eigenvalue weighted by Crippen LogP contribution is -2.13. The topological polar surface area (TPSA) is 75.3 Å². The highest BCUT2D eigenvalue weighted by Gasteiger charge is 2.16. The Balaban J connectivity index is 1.86. The highest BCUT2D eigenvalue weighted by molar-refractivity contribution is 7.92. The van der Waals surface area contributed by atoms with Crippen LogP contribution in [0.5, 0.6) is 0 Å². The number of hydrogen-bond acceptors (Lipinski definition) is 3. The van der Waals surface area contributed by atoms with E-state index in [0.717, 1.165) is 12.7 Å². The summed E-state index contributed by atoms with van der Waals surface area (Å²) in [5.41, 5.74) is 1.06. The third kappa shape index (κ3) is 5.75. The van der Waals surface area contributed by atoms with Crippen molar-refractivity contribution in [2.45, 2.75) is 38.5 Å². The Morgan fingerprint density at radius 3 is 2.57 bits per heavy atom. The van der Waals surface area contributed by atoms with E-state index < -0.39 is 10.0 Å². The predicted octanol–water partition coefficient (Wildman–Crippen LogP) is 2.97. The second-order valence-electron chi connectivity index (χ2n) is 5.69. The molecule has 0 radical (unpaired) electrons. The number of anilines is 2. The van der Waals surface area contributed by atoms with Gasteiger partial charge in [-0.05, 0) is 30.5 Å². The lowest BCUT2D eigenvalue weighted by molar-refractivity contribution is -0.116. The van der Waals surface area contributed by atoms with Crippen molar-refractivity contribution in [2.75, 3.05) is 16.3 Å². The van der Waals surface area contributed by atoms with Crippen LogP contribution in [-0.4, -0.2) is 20.6 Å². The van der Waals surface area contributed by atoms with Crippen LogP contribution in [0, 0.1) is 5.92 Å². The number of carbonyl (C=O) groups excluding carboxylic acids is 1. The number of carbonyl (C=O) groups is 1. The third-order valence-corrected chi connectivity index (χ3v) is 4.31. The molecule has 1 aliphatic carbocycles. The number of hydrogen-bond donors (Lipinski definition) is 2. The Morgan fingerprint density at radius 1 is 1.24 bits per heavy atom. The van der Waals surface area contributed by atoms with E-state index in [1.807, 2.05) is 0 Å². The molecule has 0 atom stereocenters. The minimum absolute atomic E-state index is 0.0154. The van der Waals surface area contributed by atoms with Gasteiger partial charge in [-0.1, -0.05) is 31.7 Å². The van der Waals surface area contributed by atoms with E-state index in [1.54, 1.807) is 24.3 Å². The Bertz CT molecular complexity index is 593. The van der Waals surface area contributed by atoms with Crippen LogP contribution in [0.1, 0.15) is 38.5 Å². The molecule has 0 spiro atoms. The Hall–Kier alpha value is -1.56. The Labute approximate surface area is 126 Å². The van der Waals surface area contributed by atoms with Crippen LogP contribution in [0.4, 0.5) is 11.4 Å². The summed E-state index contributed by atoms with van der Waals surface area (Å²) in [6, 6.07) is 6.73. The highest BCUT2D eigenvalue weighted by atomic mass is 32.2. The van der Waals surface area contributed by atoms with Crippen LogP contribution in [-0.2, 0) is 14.8 Å². The molecule has 1 amide bonds. The zero-order chi connectivity index (χ0) is 15.3. The molecule has 1 saturated carbocycles. The maximum Gasteiger partial charge on any atom is 0.229 e. The second-order valence-corrected chi connectivity index (χ2v) is 7.44. The molecule has 5 nitrogen and oxygen atoms in total. The van der Waals surface area contributed by atoms with Gasteiger partial charge in [-0.25, -0.2) is 8.42 Å². The van der Waals surface area contributed by atoms with Gasteiger partial charge in [0.2, 0.25) is 15.9 Å². The standard InChI is InChI=1S/C15H22N2O3S/c1-21(19,20)17-14-8-4-7-13(11-14)16-15(18)10-9-12-5-2-3-6-12/h4,7-8,11-12,17H,2-3,5-6,9-10H2,1H3,(H,16,18). The third-order valence-electron chi connectivity index (χ3n) is 3.70. The van der Waals surface area contributed by atoms with Gasteiger partial charge in [0.15, 0.2) is 0 Å². The van der Waals surface area contributed by atoms with Gasteiger partial charge in [0.1, 0.15) is 0 Å². The Morgan fingerprint density at radius 2 is 1.90 bits per heavy atom. The van der Waals surface area contributed by atoms with Gasteiger partial charge in [0, 0.05) is 12.1 Å². The smallest absolute Gasteiger partial charge is 0.229 e. The lowest BCUT2D eigenvalue weighted by atomic mass is 10.0. The van der Waals surface area contributed by atoms with E-state index in [2.05, 4.69) is 10.0 Å². The quantitative estimate of drug-likeness (QED) is 0.848. The predicted molar refractivity (Wildman–Crippen MR) is 84.7 cm³/mol. The van der Waals surface area contributed by atoms with Crippen molar-refractivity contribution < 1.29 is 13.2 Å². The van der Waals surface area contributed by atoms with Crippen molar-refractivity contribution in [3.05, 3.63) is 24.3 Å². The molecule has 0 heterocycles. The van der Waals surface area contributed by atoms with Crippen LogP contribution in [0.3, 0.4) is 0 Å². The SMILES string of the molecule is CS(=O)(=O)Nc1cccc(NC(=O)CCC2CCCC2)c1. The van der Waals surface area contributed by atoms with Crippen LogP contribution in [0.15, 0.2) is 24.3 Å². The van der Waals surface area contributed by atoms with Gasteiger partial charge in [-0.3, -0.25) is 9.52 Å². The highest BCUT2D eigenvalue weighted by Crippen LogP contribution is 2.28. The van der Waals surface area contributed by atoms with E-state index >= 15 is 0 Å². The zero-order valence-electron chi connectivity index (χ0n) is 12.3. The van der Waals surface area contributed by atoms with Crippen LogP contribution >= 0.6 is 0 Å². The summed E-state index contributed by atoms with van der Waals surface area (Å²) in [7, 11) is -3.31. The summed E-state index contributed by atoms with van der Waals surface area (Å²) >= 11 is 0. The molecular formula is C15H22N2O3S. The first-order valence-electron chi connectivity index (χ1n) is 7.30. The minimum Gasteiger partial charge on any atom is -0.326 e. The van der Waals surface area contributed by atoms with Gasteiger partial charge in [-0.2, -0.15) is 0 Å². The maximum absolute atomic E-state index is 11.9. The average Bonchev–Trinajstić information content (AvgIpc) is 2.87. The average molecular weight is 310 g/mol. The van der Waals surface area contributed by atoms with Crippen LogP contribution in [0.25, 0.3) is 0 Å². The molecule has 0 saturated heterocycles. The molecule has 0 unspecified atom stereocenters. The number of nitrogens with one attached hydrogen (secondary N) is 2. The lowest BCUT2D eigenvalue weighted by Gasteiger charge is -2.10. The van der Waals surface area contributed by atoms with E-state index in [-0.39, 0.29) is 5.91 Å². The van der Waals surface area contributed by atoms with Crippen molar-refractivity contribution in [1.29, 1.82) is 0 Å². The van der Waals surface area contributed by atoms with Gasteiger partial charge in [0.25, 0.3) is 0 Å². The largest absolute Gasteiger partial charge is 0.326 e. The van der Waals surface area contributed by atoms with E-state index in [4.69, 9.17) is 0 Å². The molecule has 0 bridgehead atoms. The molecule has 1 aromatic rings. The fourth-order valence-electron chi connectivity index (χ4n) is 2.73. The van der Waals surface area contributed by atoms with Gasteiger partial charge < -0.3 is 5.32 Å². The summed E-state index contributed by atoms with van der Waals surface area (Å²) < 4.78 is 24.8. The Kier molecular flexibility index (Phi) is 5.22. The number of sulfonamides is 1. The van der Waals surface area contributed by atoms with Crippen molar-refractivity contribution in [3.8, 4) is 0 Å². The molecular weight excluding hydrogens is 288 g/mol. The van der Waals surface area contributed by atoms with E-state index in [0.29, 0.717) is 23.7 Å². The fourth-order valence-corrected chi connectivity index (χ4v) is 3.29. The van der Waals surface area contributed by atoms with E-state index in [9.17, 15) is 13.2 Å². The van der Waals surface area contributed by atoms with E-state index in [1.165, 1.54) is 25.7 Å². The van der Waals surface area contributed by atoms with Crippen LogP contribution < -0.4 is 10.0 Å². The van der Waals surface area contributed by atoms with Crippen molar-refractivity contribution in [2.24, 2.45) is 5.92 Å². The molecule has 0 aromatic heterocycles. The van der Waals surface area contributed by atoms with Gasteiger partial charge >= 0.3 is 0 Å². The van der Waals surface area contributed by atoms with Crippen molar-refractivity contribution in [3.63, 3.8) is 0 Å². The number of amides is 1. The molecule has 1 aliphatic rings. The van der Waals surface area contributed by atoms with Crippen molar-refractivity contribution in [1.82, 2.24) is 0 Å². The maximum atomic E-state index is 11.9. The molecule has 6 heteroatoms. The second kappa shape index (κ2) is 6.93. The summed E-state index contributed by atoms with van der Waals surface area (Å²) in [5.74, 6) is 0.674. The molecule has 1 aromatic carbocycles. The summed E-state index contributed by atoms with van der Waals surface area (Å²) in [4.78, 5) is 11.9. The van der Waals surface area contributed by atoms with Crippen molar-refractivity contribution >= 4 is 27.3 Å². The minimum atomic E-state index is -3.31. The number of rotatable bonds is 6. The zero-order valence-corrected chi connectivity index (χ0v) is 13.1. The normalized spacial score (nSPS) is 15.9. The fraction of sp³-hybridized carbons (Fsp3) is 0.533. The number of benzene rings is 1. The van der Waals surface area contributed by atoms with Gasteiger partial charge in [0.05, 0.1) is 11.9 Å². The molecule has 116 valence electrons. The monoisotopic (exact) mass is 310 g/mol. The summed E-state index contributed by atoms with van der Waals surface area (Å²) in [6.45, 7) is 0. The molecule has 0 aliphatic heterocycles. The molecule has 2 N–H and O–H groups in total. The first-order chi connectivity index (χ1) is 9.92. The summed E-state index contributed by atoms with van der Waals surface area (Å²) in [6.07, 6.45) is 7.60. The molecule has 2 rings (SSSR count). The first-order valence-corrected chi connectivity index (χ1v) is 9.19. The van der Waals surface area contributed by atoms with Crippen LogP contribution in [0.2, 0.25) is 0 Å². The molecule has 21 heavy (non-hydrogen) atoms. The first kappa shape index (κ1) is 15.8. The molecule has 1 fully saturated rings.